The van der Waals surface area contributed by atoms with E-state index in [1.165, 1.54) is 6.07 Å². The van der Waals surface area contributed by atoms with Crippen LogP contribution in [0.2, 0.25) is 0 Å². The summed E-state index contributed by atoms with van der Waals surface area (Å²) in [6.45, 7) is 2.79. The maximum Gasteiger partial charge on any atom is 0.251 e. The maximum atomic E-state index is 11.8. The van der Waals surface area contributed by atoms with Gasteiger partial charge in [0.05, 0.1) is 12.7 Å². The molecule has 0 spiro atoms. The first-order valence-electron chi connectivity index (χ1n) is 5.59. The van der Waals surface area contributed by atoms with Gasteiger partial charge in [-0.2, -0.15) is 0 Å². The monoisotopic (exact) mass is 246 g/mol. The zero-order chi connectivity index (χ0) is 13.0. The van der Waals surface area contributed by atoms with Gasteiger partial charge in [0.25, 0.3) is 5.91 Å². The van der Waals surface area contributed by atoms with E-state index in [2.05, 4.69) is 15.6 Å². The maximum absolute atomic E-state index is 11.8. The molecular formula is C12H14N4O2. The van der Waals surface area contributed by atoms with Crippen LogP contribution in [-0.2, 0) is 6.54 Å². The molecule has 0 fully saturated rings. The molecule has 0 unspecified atom stereocenters. The highest BCUT2D eigenvalue weighted by Crippen LogP contribution is 2.17. The van der Waals surface area contributed by atoms with Crippen LogP contribution in [0.25, 0.3) is 0 Å². The number of carbonyl (C=O) groups is 1. The molecule has 94 valence electrons. The lowest BCUT2D eigenvalue weighted by molar-refractivity contribution is 0.0951. The lowest BCUT2D eigenvalue weighted by Gasteiger charge is -2.06. The largest absolute Gasteiger partial charge is 0.508 e. The van der Waals surface area contributed by atoms with Crippen LogP contribution in [-0.4, -0.2) is 32.6 Å². The number of phenolic OH excluding ortho intramolecular Hbond substituents is 1. The van der Waals surface area contributed by atoms with Crippen molar-refractivity contribution in [2.75, 3.05) is 6.54 Å². The highest BCUT2D eigenvalue weighted by Gasteiger charge is 2.06. The number of aryl methyl sites for hydroxylation is 1. The molecule has 0 radical (unpaired) electrons. The molecule has 6 heteroatoms. The average Bonchev–Trinajstić information content (AvgIpc) is 2.85. The second-order valence-corrected chi connectivity index (χ2v) is 3.92. The summed E-state index contributed by atoms with van der Waals surface area (Å²) < 4.78 is 1.63. The molecule has 2 rings (SSSR count). The average molecular weight is 246 g/mol. The Kier molecular flexibility index (Phi) is 3.57. The molecular weight excluding hydrogens is 232 g/mol. The van der Waals surface area contributed by atoms with Gasteiger partial charge >= 0.3 is 0 Å². The van der Waals surface area contributed by atoms with Crippen LogP contribution in [0, 0.1) is 6.92 Å². The molecule has 1 aromatic heterocycles. The van der Waals surface area contributed by atoms with Crippen LogP contribution < -0.4 is 5.32 Å². The third kappa shape index (κ3) is 2.85. The molecule has 0 atom stereocenters. The minimum atomic E-state index is -0.217. The van der Waals surface area contributed by atoms with Crippen LogP contribution in [0.4, 0.5) is 0 Å². The first-order valence-corrected chi connectivity index (χ1v) is 5.59. The van der Waals surface area contributed by atoms with Gasteiger partial charge in [0.1, 0.15) is 5.75 Å². The summed E-state index contributed by atoms with van der Waals surface area (Å²) in [7, 11) is 0. The van der Waals surface area contributed by atoms with E-state index in [0.717, 1.165) is 5.56 Å². The number of carbonyl (C=O) groups excluding carboxylic acids is 1. The Labute approximate surface area is 104 Å². The van der Waals surface area contributed by atoms with E-state index < -0.39 is 0 Å². The summed E-state index contributed by atoms with van der Waals surface area (Å²) in [5.41, 5.74) is 1.19. The third-order valence-corrected chi connectivity index (χ3v) is 2.57. The zero-order valence-electron chi connectivity index (χ0n) is 10.00. The molecule has 2 N–H and O–H groups in total. The number of hydrogen-bond acceptors (Lipinski definition) is 4. The Morgan fingerprint density at radius 3 is 3.00 bits per heavy atom. The summed E-state index contributed by atoms with van der Waals surface area (Å²) >= 11 is 0. The molecule has 6 nitrogen and oxygen atoms in total. The van der Waals surface area contributed by atoms with E-state index in [9.17, 15) is 9.90 Å². The van der Waals surface area contributed by atoms with Gasteiger partial charge in [-0.1, -0.05) is 11.3 Å². The molecule has 0 aliphatic heterocycles. The molecule has 0 saturated heterocycles. The summed E-state index contributed by atoms with van der Waals surface area (Å²) in [6, 6.07) is 4.85. The van der Waals surface area contributed by atoms with Crippen LogP contribution >= 0.6 is 0 Å². The molecule has 1 amide bonds. The Balaban J connectivity index is 1.89. The molecule has 2 aromatic rings. The van der Waals surface area contributed by atoms with Gasteiger partial charge in [0.15, 0.2) is 0 Å². The number of benzene rings is 1. The summed E-state index contributed by atoms with van der Waals surface area (Å²) in [4.78, 5) is 11.8. The van der Waals surface area contributed by atoms with Gasteiger partial charge in [-0.25, -0.2) is 0 Å². The molecule has 1 aromatic carbocycles. The van der Waals surface area contributed by atoms with Gasteiger partial charge in [-0.05, 0) is 24.6 Å². The number of rotatable bonds is 4. The first-order chi connectivity index (χ1) is 8.66. The topological polar surface area (TPSA) is 80.0 Å². The van der Waals surface area contributed by atoms with Gasteiger partial charge in [-0.3, -0.25) is 9.48 Å². The van der Waals surface area contributed by atoms with Crippen molar-refractivity contribution in [3.63, 3.8) is 0 Å². The van der Waals surface area contributed by atoms with Crippen LogP contribution in [0.1, 0.15) is 15.9 Å². The minimum Gasteiger partial charge on any atom is -0.508 e. The van der Waals surface area contributed by atoms with E-state index in [0.29, 0.717) is 18.7 Å². The van der Waals surface area contributed by atoms with Crippen molar-refractivity contribution in [2.45, 2.75) is 13.5 Å². The van der Waals surface area contributed by atoms with Gasteiger partial charge in [-0.15, -0.1) is 5.10 Å². The van der Waals surface area contributed by atoms with Gasteiger partial charge in [0.2, 0.25) is 0 Å². The van der Waals surface area contributed by atoms with Crippen LogP contribution in [0.5, 0.6) is 5.75 Å². The predicted molar refractivity (Wildman–Crippen MR) is 65.2 cm³/mol. The second kappa shape index (κ2) is 5.31. The van der Waals surface area contributed by atoms with E-state index in [1.807, 2.05) is 0 Å². The number of aromatic nitrogens is 3. The summed E-state index contributed by atoms with van der Waals surface area (Å²) in [5.74, 6) is -0.0932. The second-order valence-electron chi connectivity index (χ2n) is 3.92. The van der Waals surface area contributed by atoms with E-state index in [4.69, 9.17) is 0 Å². The van der Waals surface area contributed by atoms with E-state index >= 15 is 0 Å². The van der Waals surface area contributed by atoms with Crippen molar-refractivity contribution in [1.82, 2.24) is 20.3 Å². The number of nitrogens with zero attached hydrogens (tertiary/aromatic N) is 3. The predicted octanol–water partition coefficient (Wildman–Crippen LogP) is 0.722. The van der Waals surface area contributed by atoms with Crippen molar-refractivity contribution in [1.29, 1.82) is 0 Å². The highest BCUT2D eigenvalue weighted by atomic mass is 16.3. The lowest BCUT2D eigenvalue weighted by Crippen LogP contribution is -2.27. The van der Waals surface area contributed by atoms with E-state index in [1.54, 1.807) is 36.1 Å². The minimum absolute atomic E-state index is 0.124. The van der Waals surface area contributed by atoms with Crippen LogP contribution in [0.15, 0.2) is 30.6 Å². The summed E-state index contributed by atoms with van der Waals surface area (Å²) in [5, 5.41) is 19.7. The Hall–Kier alpha value is -2.37. The highest BCUT2D eigenvalue weighted by molar-refractivity contribution is 5.94. The smallest absolute Gasteiger partial charge is 0.251 e. The number of aromatic hydroxyl groups is 1. The Morgan fingerprint density at radius 2 is 2.33 bits per heavy atom. The molecule has 0 bridgehead atoms. The zero-order valence-corrected chi connectivity index (χ0v) is 10.00. The fourth-order valence-electron chi connectivity index (χ4n) is 1.49. The van der Waals surface area contributed by atoms with E-state index in [-0.39, 0.29) is 11.7 Å². The van der Waals surface area contributed by atoms with Gasteiger partial charge in [0, 0.05) is 18.3 Å². The standard InChI is InChI=1S/C12H14N4O2/c1-9-2-3-10(8-11(9)17)12(18)13-4-6-16-7-5-14-15-16/h2-3,5,7-8,17H,4,6H2,1H3,(H,13,18). The molecule has 18 heavy (non-hydrogen) atoms. The normalized spacial score (nSPS) is 10.3. The van der Waals surface area contributed by atoms with Crippen LogP contribution in [0.3, 0.4) is 0 Å². The molecule has 1 heterocycles. The first kappa shape index (κ1) is 12.1. The quantitative estimate of drug-likeness (QED) is 0.833. The van der Waals surface area contributed by atoms with Gasteiger partial charge < -0.3 is 10.4 Å². The van der Waals surface area contributed by atoms with Crippen molar-refractivity contribution < 1.29 is 9.90 Å². The number of phenols is 1. The van der Waals surface area contributed by atoms with Crippen molar-refractivity contribution in [3.8, 4) is 5.75 Å². The third-order valence-electron chi connectivity index (χ3n) is 2.57. The SMILES string of the molecule is Cc1ccc(C(=O)NCCn2ccnn2)cc1O. The summed E-state index contributed by atoms with van der Waals surface area (Å²) in [6.07, 6.45) is 3.31. The molecule has 0 aliphatic carbocycles. The van der Waals surface area contributed by atoms with Crippen molar-refractivity contribution >= 4 is 5.91 Å². The fraction of sp³-hybridized carbons (Fsp3) is 0.250. The Morgan fingerprint density at radius 1 is 1.50 bits per heavy atom. The number of amides is 1. The van der Waals surface area contributed by atoms with Crippen molar-refractivity contribution in [2.24, 2.45) is 0 Å². The lowest BCUT2D eigenvalue weighted by atomic mass is 10.1. The number of nitrogens with one attached hydrogen (secondary N) is 1. The molecule has 0 aliphatic rings. The van der Waals surface area contributed by atoms with Crippen molar-refractivity contribution in [3.05, 3.63) is 41.7 Å². The molecule has 0 saturated carbocycles. The fourth-order valence-corrected chi connectivity index (χ4v) is 1.49. The Bertz CT molecular complexity index is 537. The number of hydrogen-bond donors (Lipinski definition) is 2.